The SMILES string of the molecule is COCCNCc1ccc(SCc2c(C)noc2C)cc1. The maximum atomic E-state index is 5.19. The molecule has 2 rings (SSSR count). The predicted molar refractivity (Wildman–Crippen MR) is 85.6 cm³/mol. The summed E-state index contributed by atoms with van der Waals surface area (Å²) in [5.74, 6) is 1.81. The van der Waals surface area contributed by atoms with Crippen LogP contribution in [0.1, 0.15) is 22.6 Å². The minimum atomic E-state index is 0.741. The van der Waals surface area contributed by atoms with E-state index in [9.17, 15) is 0 Å². The van der Waals surface area contributed by atoms with Gasteiger partial charge in [0.1, 0.15) is 5.76 Å². The normalized spacial score (nSPS) is 11.0. The highest BCUT2D eigenvalue weighted by Crippen LogP contribution is 2.26. The molecule has 21 heavy (non-hydrogen) atoms. The van der Waals surface area contributed by atoms with E-state index in [0.29, 0.717) is 0 Å². The van der Waals surface area contributed by atoms with Crippen LogP contribution in [-0.2, 0) is 17.0 Å². The fourth-order valence-corrected chi connectivity index (χ4v) is 3.03. The van der Waals surface area contributed by atoms with Crippen LogP contribution in [0.4, 0.5) is 0 Å². The van der Waals surface area contributed by atoms with E-state index in [-0.39, 0.29) is 0 Å². The average Bonchev–Trinajstić information content (AvgIpc) is 2.82. The largest absolute Gasteiger partial charge is 0.383 e. The number of aromatic nitrogens is 1. The van der Waals surface area contributed by atoms with Crippen LogP contribution in [0.15, 0.2) is 33.7 Å². The first-order chi connectivity index (χ1) is 10.2. The van der Waals surface area contributed by atoms with Gasteiger partial charge in [-0.3, -0.25) is 0 Å². The van der Waals surface area contributed by atoms with Crippen LogP contribution in [0.25, 0.3) is 0 Å². The maximum absolute atomic E-state index is 5.19. The molecule has 0 amide bonds. The van der Waals surface area contributed by atoms with E-state index >= 15 is 0 Å². The van der Waals surface area contributed by atoms with Gasteiger partial charge in [-0.1, -0.05) is 17.3 Å². The quantitative estimate of drug-likeness (QED) is 0.599. The molecule has 1 N–H and O–H groups in total. The van der Waals surface area contributed by atoms with E-state index in [1.54, 1.807) is 18.9 Å². The van der Waals surface area contributed by atoms with Crippen LogP contribution >= 0.6 is 11.8 Å². The Kier molecular flexibility index (Phi) is 6.29. The van der Waals surface area contributed by atoms with Gasteiger partial charge in [0.25, 0.3) is 0 Å². The lowest BCUT2D eigenvalue weighted by molar-refractivity contribution is 0.199. The number of hydrogen-bond donors (Lipinski definition) is 1. The summed E-state index contributed by atoms with van der Waals surface area (Å²) in [6, 6.07) is 8.65. The molecule has 2 aromatic rings. The Hall–Kier alpha value is -1.30. The molecule has 0 fully saturated rings. The zero-order valence-electron chi connectivity index (χ0n) is 12.8. The molecular weight excluding hydrogens is 284 g/mol. The van der Waals surface area contributed by atoms with Crippen molar-refractivity contribution in [1.82, 2.24) is 10.5 Å². The summed E-state index contributed by atoms with van der Waals surface area (Å²) in [4.78, 5) is 1.26. The maximum Gasteiger partial charge on any atom is 0.137 e. The summed E-state index contributed by atoms with van der Waals surface area (Å²) < 4.78 is 10.2. The van der Waals surface area contributed by atoms with Gasteiger partial charge in [-0.2, -0.15) is 0 Å². The Bertz CT molecular complexity index is 532. The first kappa shape index (κ1) is 16.1. The van der Waals surface area contributed by atoms with Crippen molar-refractivity contribution < 1.29 is 9.26 Å². The molecule has 4 nitrogen and oxygen atoms in total. The molecule has 0 aliphatic rings. The molecule has 1 heterocycles. The number of aryl methyl sites for hydroxylation is 2. The summed E-state index contributed by atoms with van der Waals surface area (Å²) in [6.45, 7) is 6.44. The molecule has 0 unspecified atom stereocenters. The molecule has 0 aliphatic carbocycles. The van der Waals surface area contributed by atoms with Crippen molar-refractivity contribution in [3.63, 3.8) is 0 Å². The van der Waals surface area contributed by atoms with Gasteiger partial charge in [-0.25, -0.2) is 0 Å². The van der Waals surface area contributed by atoms with Crippen molar-refractivity contribution >= 4 is 11.8 Å². The van der Waals surface area contributed by atoms with E-state index in [0.717, 1.165) is 36.9 Å². The number of benzene rings is 1. The molecule has 0 atom stereocenters. The van der Waals surface area contributed by atoms with Crippen LogP contribution in [0.3, 0.4) is 0 Å². The first-order valence-corrected chi connectivity index (χ1v) is 8.02. The molecule has 0 saturated heterocycles. The molecule has 0 bridgehead atoms. The standard InChI is InChI=1S/C16H22N2O2S/c1-12-16(13(2)20-18-12)11-21-15-6-4-14(5-7-15)10-17-8-9-19-3/h4-7,17H,8-11H2,1-3H3. The third kappa shape index (κ3) is 4.88. The van der Waals surface area contributed by atoms with E-state index in [2.05, 4.69) is 34.7 Å². The highest BCUT2D eigenvalue weighted by atomic mass is 32.2. The number of nitrogens with one attached hydrogen (secondary N) is 1. The molecule has 114 valence electrons. The second-order valence-electron chi connectivity index (χ2n) is 4.90. The molecular formula is C16H22N2O2S. The topological polar surface area (TPSA) is 47.3 Å². The van der Waals surface area contributed by atoms with Crippen molar-refractivity contribution in [2.45, 2.75) is 31.0 Å². The highest BCUT2D eigenvalue weighted by molar-refractivity contribution is 7.98. The number of nitrogens with zero attached hydrogens (tertiary/aromatic N) is 1. The Labute approximate surface area is 130 Å². The van der Waals surface area contributed by atoms with Crippen LogP contribution in [0.2, 0.25) is 0 Å². The summed E-state index contributed by atoms with van der Waals surface area (Å²) in [7, 11) is 1.71. The Morgan fingerprint density at radius 2 is 2.00 bits per heavy atom. The lowest BCUT2D eigenvalue weighted by Gasteiger charge is -2.06. The zero-order valence-corrected chi connectivity index (χ0v) is 13.6. The van der Waals surface area contributed by atoms with E-state index in [4.69, 9.17) is 9.26 Å². The Morgan fingerprint density at radius 1 is 1.24 bits per heavy atom. The second-order valence-corrected chi connectivity index (χ2v) is 5.95. The lowest BCUT2D eigenvalue weighted by atomic mass is 10.2. The van der Waals surface area contributed by atoms with Crippen molar-refractivity contribution in [3.05, 3.63) is 46.8 Å². The molecule has 1 aromatic heterocycles. The van der Waals surface area contributed by atoms with Crippen molar-refractivity contribution in [3.8, 4) is 0 Å². The van der Waals surface area contributed by atoms with E-state index in [1.807, 2.05) is 13.8 Å². The van der Waals surface area contributed by atoms with Crippen LogP contribution in [-0.4, -0.2) is 25.4 Å². The monoisotopic (exact) mass is 306 g/mol. The average molecular weight is 306 g/mol. The molecule has 0 saturated carbocycles. The van der Waals surface area contributed by atoms with Gasteiger partial charge in [-0.05, 0) is 31.5 Å². The summed E-state index contributed by atoms with van der Waals surface area (Å²) in [6.07, 6.45) is 0. The van der Waals surface area contributed by atoms with E-state index < -0.39 is 0 Å². The van der Waals surface area contributed by atoms with Crippen LogP contribution in [0, 0.1) is 13.8 Å². The smallest absolute Gasteiger partial charge is 0.137 e. The molecule has 1 aromatic carbocycles. The van der Waals surface area contributed by atoms with Gasteiger partial charge in [0.05, 0.1) is 12.3 Å². The van der Waals surface area contributed by atoms with Crippen molar-refractivity contribution in [2.24, 2.45) is 0 Å². The summed E-state index contributed by atoms with van der Waals surface area (Å²) >= 11 is 1.81. The number of methoxy groups -OCH3 is 1. The van der Waals surface area contributed by atoms with Gasteiger partial charge in [-0.15, -0.1) is 11.8 Å². The third-order valence-electron chi connectivity index (χ3n) is 3.30. The first-order valence-electron chi connectivity index (χ1n) is 7.04. The number of thioether (sulfide) groups is 1. The summed E-state index contributed by atoms with van der Waals surface area (Å²) in [5, 5.41) is 7.32. The fraction of sp³-hybridized carbons (Fsp3) is 0.438. The van der Waals surface area contributed by atoms with E-state index in [1.165, 1.54) is 16.0 Å². The van der Waals surface area contributed by atoms with Crippen LogP contribution < -0.4 is 5.32 Å². The number of hydrogen-bond acceptors (Lipinski definition) is 5. The Balaban J connectivity index is 1.82. The predicted octanol–water partition coefficient (Wildman–Crippen LogP) is 3.32. The van der Waals surface area contributed by atoms with Crippen molar-refractivity contribution in [1.29, 1.82) is 0 Å². The molecule has 0 aliphatic heterocycles. The molecule has 0 radical (unpaired) electrons. The number of ether oxygens (including phenoxy) is 1. The van der Waals surface area contributed by atoms with Gasteiger partial charge in [0.15, 0.2) is 0 Å². The summed E-state index contributed by atoms with van der Waals surface area (Å²) in [5.41, 5.74) is 3.47. The van der Waals surface area contributed by atoms with Gasteiger partial charge in [0, 0.05) is 36.4 Å². The van der Waals surface area contributed by atoms with Gasteiger partial charge >= 0.3 is 0 Å². The molecule has 5 heteroatoms. The van der Waals surface area contributed by atoms with Crippen LogP contribution in [0.5, 0.6) is 0 Å². The van der Waals surface area contributed by atoms with Gasteiger partial charge < -0.3 is 14.6 Å². The lowest BCUT2D eigenvalue weighted by Crippen LogP contribution is -2.18. The minimum absolute atomic E-state index is 0.741. The molecule has 0 spiro atoms. The Morgan fingerprint density at radius 3 is 2.62 bits per heavy atom. The zero-order chi connectivity index (χ0) is 15.1. The fourth-order valence-electron chi connectivity index (χ4n) is 1.97. The van der Waals surface area contributed by atoms with Gasteiger partial charge in [0.2, 0.25) is 0 Å². The second kappa shape index (κ2) is 8.22. The minimum Gasteiger partial charge on any atom is -0.383 e. The highest BCUT2D eigenvalue weighted by Gasteiger charge is 2.09. The number of rotatable bonds is 8. The third-order valence-corrected chi connectivity index (χ3v) is 4.34. The van der Waals surface area contributed by atoms with Crippen molar-refractivity contribution in [2.75, 3.05) is 20.3 Å².